The van der Waals surface area contributed by atoms with Gasteiger partial charge < -0.3 is 37.9 Å². The van der Waals surface area contributed by atoms with Gasteiger partial charge in [0.15, 0.2) is 0 Å². The molecule has 17 heteroatoms. The predicted molar refractivity (Wildman–Crippen MR) is 168 cm³/mol. The second-order valence-electron chi connectivity index (χ2n) is 9.15. The molecule has 16 nitrogen and oxygen atoms in total. The van der Waals surface area contributed by atoms with Gasteiger partial charge in [0, 0.05) is 0 Å². The molecule has 45 heavy (non-hydrogen) atoms. The van der Waals surface area contributed by atoms with Crippen LogP contribution in [0.5, 0.6) is 47.0 Å². The fraction of sp³-hybridized carbons (Fsp3) is 0.571. The summed E-state index contributed by atoms with van der Waals surface area (Å²) in [7, 11) is -4.12. The fourth-order valence-electron chi connectivity index (χ4n) is 5.27. The average molecular weight is 649 g/mol. The Morgan fingerprint density at radius 3 is 0.733 bits per heavy atom. The highest BCUT2D eigenvalue weighted by Gasteiger charge is 2.61. The number of aromatic nitrogens is 8. The fourth-order valence-corrected chi connectivity index (χ4v) is 10.4. The first-order valence-electron chi connectivity index (χ1n) is 15.4. The molecule has 0 saturated carbocycles. The third kappa shape index (κ3) is 6.08. The molecule has 0 atom stereocenters. The van der Waals surface area contributed by atoms with Gasteiger partial charge in [0.1, 0.15) is 0 Å². The van der Waals surface area contributed by atoms with E-state index >= 15 is 0 Å². The minimum absolute atomic E-state index is 0.274. The van der Waals surface area contributed by atoms with Crippen LogP contribution in [0.15, 0.2) is 0 Å². The smallest absolute Gasteiger partial charge is 0.236 e. The Kier molecular flexibility index (Phi) is 11.5. The molecule has 0 fully saturated rings. The minimum atomic E-state index is -4.12. The first-order chi connectivity index (χ1) is 22.0. The Bertz CT molecular complexity index is 1180. The molecular weight excluding hydrogens is 604 g/mol. The summed E-state index contributed by atoms with van der Waals surface area (Å²) in [5, 5.41) is 32.8. The summed E-state index contributed by atoms with van der Waals surface area (Å²) in [5.41, 5.74) is 0. The molecule has 0 unspecified atom stereocenters. The monoisotopic (exact) mass is 648 g/mol. The van der Waals surface area contributed by atoms with Gasteiger partial charge in [-0.2, -0.15) is 0 Å². The Morgan fingerprint density at radius 2 is 0.556 bits per heavy atom. The molecule has 0 saturated heterocycles. The van der Waals surface area contributed by atoms with Gasteiger partial charge in [-0.3, -0.25) is 0 Å². The quantitative estimate of drug-likeness (QED) is 0.100. The molecule has 248 valence electrons. The van der Waals surface area contributed by atoms with E-state index in [2.05, 4.69) is 40.8 Å². The van der Waals surface area contributed by atoms with Crippen molar-refractivity contribution in [2.75, 3.05) is 52.9 Å². The molecule has 0 spiro atoms. The molecule has 4 rings (SSSR count). The summed E-state index contributed by atoms with van der Waals surface area (Å²) < 4.78 is 50.0. The summed E-state index contributed by atoms with van der Waals surface area (Å²) in [5.74, 6) is 2.47. The van der Waals surface area contributed by atoms with Crippen LogP contribution in [-0.2, 0) is 0 Å². The van der Waals surface area contributed by atoms with E-state index in [0.717, 1.165) is 0 Å². The van der Waals surface area contributed by atoms with Crippen molar-refractivity contribution in [1.29, 1.82) is 0 Å². The third-order valence-electron chi connectivity index (χ3n) is 6.58. The molecule has 4 aromatic heterocycles. The summed E-state index contributed by atoms with van der Waals surface area (Å²) in [6.07, 6.45) is 0. The highest BCUT2D eigenvalue weighted by Crippen LogP contribution is 2.34. The van der Waals surface area contributed by atoms with Crippen molar-refractivity contribution in [1.82, 2.24) is 40.8 Å². The van der Waals surface area contributed by atoms with E-state index in [4.69, 9.17) is 37.9 Å². The van der Waals surface area contributed by atoms with Crippen molar-refractivity contribution in [3.05, 3.63) is 0 Å². The van der Waals surface area contributed by atoms with E-state index in [-0.39, 0.29) is 23.5 Å². The average Bonchev–Trinajstić information content (AvgIpc) is 3.81. The SMILES string of the molecule is CCOc1n[nH]c(OCC)c1[Si](c1c(OCC)n[nH]c1OCC)(c1c(OCC)n[nH]c1OCC)c1c(OCC)n[nH]c1OCC. The van der Waals surface area contributed by atoms with E-state index < -0.39 is 8.07 Å². The lowest BCUT2D eigenvalue weighted by Gasteiger charge is -2.33. The van der Waals surface area contributed by atoms with Crippen LogP contribution in [-0.4, -0.2) is 102 Å². The number of hydrogen-bond donors (Lipinski definition) is 4. The number of nitrogens with one attached hydrogen (secondary N) is 4. The van der Waals surface area contributed by atoms with Gasteiger partial charge in [-0.15, -0.1) is 20.4 Å². The second-order valence-corrected chi connectivity index (χ2v) is 12.6. The highest BCUT2D eigenvalue weighted by molar-refractivity contribution is 7.22. The zero-order chi connectivity index (χ0) is 32.4. The van der Waals surface area contributed by atoms with Gasteiger partial charge in [0.2, 0.25) is 55.1 Å². The molecule has 0 amide bonds. The van der Waals surface area contributed by atoms with Crippen LogP contribution in [0.3, 0.4) is 0 Å². The van der Waals surface area contributed by atoms with E-state index in [9.17, 15) is 0 Å². The van der Waals surface area contributed by atoms with Crippen molar-refractivity contribution >= 4 is 28.8 Å². The summed E-state index contributed by atoms with van der Waals surface area (Å²) >= 11 is 0. The van der Waals surface area contributed by atoms with Crippen LogP contribution in [0, 0.1) is 0 Å². The number of hydrogen-bond acceptors (Lipinski definition) is 12. The summed E-state index contributed by atoms with van der Waals surface area (Å²) in [6.45, 7) is 17.5. The van der Waals surface area contributed by atoms with E-state index in [1.165, 1.54) is 0 Å². The van der Waals surface area contributed by atoms with Gasteiger partial charge in [0.05, 0.1) is 73.6 Å². The Labute approximate surface area is 262 Å². The molecule has 0 radical (unpaired) electrons. The van der Waals surface area contributed by atoms with Crippen LogP contribution in [0.4, 0.5) is 0 Å². The lowest BCUT2D eigenvalue weighted by molar-refractivity contribution is 0.325. The standard InChI is InChI=1S/C28H44N8O8Si/c1-9-37-21-17(22(30-29-21)38-10-2)45(18-23(39-11-3)31-32-24(18)40-12-4,19-25(41-13-5)33-34-26(19)42-14-6)20-27(43-15-7)35-36-28(20)44-16-8/h9-16H2,1-8H3,(H,29,30)(H,31,32)(H,33,34)(H,35,36). The van der Waals surface area contributed by atoms with Crippen LogP contribution in [0.1, 0.15) is 55.4 Å². The van der Waals surface area contributed by atoms with E-state index in [1.807, 2.05) is 55.4 Å². The first kappa shape index (κ1) is 33.4. The van der Waals surface area contributed by atoms with Crippen LogP contribution < -0.4 is 58.6 Å². The van der Waals surface area contributed by atoms with Gasteiger partial charge in [0.25, 0.3) is 0 Å². The second kappa shape index (κ2) is 15.5. The number of rotatable bonds is 20. The number of nitrogens with zero attached hydrogens (tertiary/aromatic N) is 4. The molecular formula is C28H44N8O8Si. The van der Waals surface area contributed by atoms with E-state index in [1.54, 1.807) is 0 Å². The van der Waals surface area contributed by atoms with Crippen LogP contribution >= 0.6 is 0 Å². The molecule has 4 N–H and O–H groups in total. The number of H-pyrrole nitrogens is 4. The molecule has 0 aliphatic heterocycles. The number of ether oxygens (including phenoxy) is 8. The Balaban J connectivity index is 2.42. The normalized spacial score (nSPS) is 11.4. The Hall–Kier alpha value is -4.54. The molecule has 0 aromatic carbocycles. The lowest BCUT2D eigenvalue weighted by atomic mass is 10.5. The molecule has 4 heterocycles. The molecule has 0 aliphatic carbocycles. The van der Waals surface area contributed by atoms with Crippen LogP contribution in [0.25, 0.3) is 0 Å². The van der Waals surface area contributed by atoms with Crippen molar-refractivity contribution in [2.45, 2.75) is 55.4 Å². The maximum Gasteiger partial charge on any atom is 0.236 e. The van der Waals surface area contributed by atoms with Crippen molar-refractivity contribution in [2.24, 2.45) is 0 Å². The molecule has 4 aromatic rings. The van der Waals surface area contributed by atoms with E-state index in [0.29, 0.717) is 97.1 Å². The maximum absolute atomic E-state index is 6.26. The minimum Gasteiger partial charge on any atom is -0.478 e. The molecule has 0 aliphatic rings. The molecule has 0 bridgehead atoms. The largest absolute Gasteiger partial charge is 0.478 e. The van der Waals surface area contributed by atoms with Gasteiger partial charge in [-0.25, -0.2) is 20.4 Å². The maximum atomic E-state index is 6.26. The summed E-state index contributed by atoms with van der Waals surface area (Å²) in [6, 6.07) is 0. The highest BCUT2D eigenvalue weighted by atomic mass is 28.3. The zero-order valence-corrected chi connectivity index (χ0v) is 28.2. The van der Waals surface area contributed by atoms with Gasteiger partial charge >= 0.3 is 0 Å². The van der Waals surface area contributed by atoms with Crippen molar-refractivity contribution < 1.29 is 37.9 Å². The predicted octanol–water partition coefficient (Wildman–Crippen LogP) is 1.15. The third-order valence-corrected chi connectivity index (χ3v) is 11.3. The topological polar surface area (TPSA) is 189 Å². The lowest BCUT2D eigenvalue weighted by Crippen LogP contribution is -2.75. The van der Waals surface area contributed by atoms with Crippen molar-refractivity contribution in [3.63, 3.8) is 0 Å². The van der Waals surface area contributed by atoms with Crippen molar-refractivity contribution in [3.8, 4) is 47.0 Å². The van der Waals surface area contributed by atoms with Gasteiger partial charge in [-0.05, 0) is 55.4 Å². The summed E-state index contributed by atoms with van der Waals surface area (Å²) in [4.78, 5) is 0. The first-order valence-corrected chi connectivity index (χ1v) is 17.4. The van der Waals surface area contributed by atoms with Gasteiger partial charge in [-0.1, -0.05) is 0 Å². The zero-order valence-electron chi connectivity index (χ0n) is 27.2. The number of aromatic amines is 4. The Morgan fingerprint density at radius 1 is 0.356 bits per heavy atom. The van der Waals surface area contributed by atoms with Crippen LogP contribution in [0.2, 0.25) is 0 Å².